The molecule has 0 aromatic rings. The SMILES string of the molecule is [C].[Cr].[Fe].[Mn]. The Morgan fingerprint density at radius 1 is 1.00 bits per heavy atom. The van der Waals surface area contributed by atoms with Crippen LogP contribution in [0, 0.1) is 7.43 Å². The second-order valence-corrected chi connectivity index (χ2v) is 0. The van der Waals surface area contributed by atoms with E-state index in [1.165, 1.54) is 0 Å². The van der Waals surface area contributed by atoms with Crippen molar-refractivity contribution in [3.8, 4) is 0 Å². The molecule has 0 atom stereocenters. The van der Waals surface area contributed by atoms with Crippen LogP contribution >= 0.6 is 0 Å². The van der Waals surface area contributed by atoms with Crippen LogP contribution in [-0.4, -0.2) is 0 Å². The molecule has 0 spiro atoms. The predicted molar refractivity (Wildman–Crippen MR) is 3.24 cm³/mol. The number of hydrogen-bond donors (Lipinski definition) is 0. The fraction of sp³-hybridized carbons (Fsp3) is 0. The van der Waals surface area contributed by atoms with Crippen LogP contribution in [0.5, 0.6) is 0 Å². The van der Waals surface area contributed by atoms with Gasteiger partial charge in [-0.1, -0.05) is 0 Å². The van der Waals surface area contributed by atoms with Crippen molar-refractivity contribution in [2.24, 2.45) is 0 Å². The maximum Gasteiger partial charge on any atom is 0 e. The summed E-state index contributed by atoms with van der Waals surface area (Å²) in [5.74, 6) is 0. The van der Waals surface area contributed by atoms with Crippen LogP contribution in [0.25, 0.3) is 0 Å². The van der Waals surface area contributed by atoms with Gasteiger partial charge in [0.15, 0.2) is 0 Å². The smallest absolute Gasteiger partial charge is 0 e. The third-order valence-electron chi connectivity index (χ3n) is 0. The third kappa shape index (κ3) is 9.56. The second-order valence-electron chi connectivity index (χ2n) is 0. The normalized spacial score (nSPS) is 0. The molecular formula is CCrFeMn. The van der Waals surface area contributed by atoms with Crippen LogP contribution in [0.15, 0.2) is 0 Å². The van der Waals surface area contributed by atoms with E-state index in [2.05, 4.69) is 0 Å². The summed E-state index contributed by atoms with van der Waals surface area (Å²) < 4.78 is 0. The van der Waals surface area contributed by atoms with Gasteiger partial charge in [0.1, 0.15) is 0 Å². The van der Waals surface area contributed by atoms with Gasteiger partial charge < -0.3 is 0 Å². The van der Waals surface area contributed by atoms with E-state index in [-0.39, 0.29) is 58.9 Å². The van der Waals surface area contributed by atoms with Gasteiger partial charge >= 0.3 is 0 Å². The van der Waals surface area contributed by atoms with Crippen molar-refractivity contribution in [3.05, 3.63) is 7.43 Å². The van der Waals surface area contributed by atoms with Crippen molar-refractivity contribution in [3.63, 3.8) is 0 Å². The van der Waals surface area contributed by atoms with Crippen molar-refractivity contribution >= 4 is 0 Å². The summed E-state index contributed by atoms with van der Waals surface area (Å²) in [6, 6.07) is 0. The zero-order chi connectivity index (χ0) is 0. The molecule has 0 aliphatic heterocycles. The first-order valence-electron chi connectivity index (χ1n) is 0. The first-order valence-corrected chi connectivity index (χ1v) is 0. The van der Waals surface area contributed by atoms with Crippen LogP contribution in [-0.2, 0) is 51.5 Å². The summed E-state index contributed by atoms with van der Waals surface area (Å²) in [5, 5.41) is 0. The van der Waals surface area contributed by atoms with Crippen LogP contribution in [0.3, 0.4) is 0 Å². The van der Waals surface area contributed by atoms with Gasteiger partial charge in [0.2, 0.25) is 0 Å². The van der Waals surface area contributed by atoms with E-state index >= 15 is 0 Å². The molecule has 0 amide bonds. The Morgan fingerprint density at radius 3 is 1.00 bits per heavy atom. The molecule has 0 unspecified atom stereocenters. The Labute approximate surface area is 58.8 Å². The molecule has 0 saturated carbocycles. The van der Waals surface area contributed by atoms with E-state index in [0.717, 1.165) is 0 Å². The number of rotatable bonds is 0. The maximum atomic E-state index is 0. The summed E-state index contributed by atoms with van der Waals surface area (Å²) in [7, 11) is 0. The van der Waals surface area contributed by atoms with Crippen LogP contribution in [0.2, 0.25) is 0 Å². The second kappa shape index (κ2) is 23.6. The van der Waals surface area contributed by atoms with E-state index < -0.39 is 0 Å². The van der Waals surface area contributed by atoms with Crippen molar-refractivity contribution in [1.29, 1.82) is 0 Å². The summed E-state index contributed by atoms with van der Waals surface area (Å²) in [6.07, 6.45) is 0. The zero-order valence-corrected chi connectivity index (χ0v) is 5.20. The first kappa shape index (κ1) is 47.1. The third-order valence-corrected chi connectivity index (χ3v) is 0. The molecule has 4 heavy (non-hydrogen) atoms. The Morgan fingerprint density at radius 2 is 1.00 bits per heavy atom. The van der Waals surface area contributed by atoms with E-state index in [0.29, 0.717) is 0 Å². The quantitative estimate of drug-likeness (QED) is 0.457. The van der Waals surface area contributed by atoms with Crippen molar-refractivity contribution < 1.29 is 51.5 Å². The summed E-state index contributed by atoms with van der Waals surface area (Å²) in [6.45, 7) is 0. The van der Waals surface area contributed by atoms with E-state index in [9.17, 15) is 0 Å². The van der Waals surface area contributed by atoms with Crippen LogP contribution < -0.4 is 0 Å². The van der Waals surface area contributed by atoms with Crippen LogP contribution in [0.1, 0.15) is 0 Å². The van der Waals surface area contributed by atoms with Gasteiger partial charge in [0.25, 0.3) is 0 Å². The van der Waals surface area contributed by atoms with Gasteiger partial charge in [0, 0.05) is 58.9 Å². The molecule has 0 aromatic heterocycles. The molecule has 0 aromatic carbocycles. The molecule has 0 bridgehead atoms. The summed E-state index contributed by atoms with van der Waals surface area (Å²) in [4.78, 5) is 0. The Hall–Kier alpha value is 1.57. The van der Waals surface area contributed by atoms with Gasteiger partial charge in [-0.3, -0.25) is 0 Å². The summed E-state index contributed by atoms with van der Waals surface area (Å²) >= 11 is 0. The Balaban J connectivity index is 0. The molecule has 3 heteroatoms. The average Bonchev–Trinajstić information content (AvgIpc) is 0. The monoisotopic (exact) mass is 175 g/mol. The predicted octanol–water partition coefficient (Wildman–Crippen LogP) is 0.0738. The molecule has 5 radical (unpaired) electrons. The molecule has 0 rings (SSSR count). The molecule has 0 heterocycles. The van der Waals surface area contributed by atoms with Crippen molar-refractivity contribution in [2.45, 2.75) is 0 Å². The van der Waals surface area contributed by atoms with E-state index in [1.807, 2.05) is 0 Å². The molecule has 0 nitrogen and oxygen atoms in total. The fourth-order valence-corrected chi connectivity index (χ4v) is 0. The molecule has 25 valence electrons. The summed E-state index contributed by atoms with van der Waals surface area (Å²) in [5.41, 5.74) is 0. The standard InChI is InChI=1S/C.Cr.Fe.Mn. The van der Waals surface area contributed by atoms with Gasteiger partial charge in [-0.15, -0.1) is 0 Å². The largest absolute Gasteiger partial charge is 0 e. The number of hydrogen-bond acceptors (Lipinski definition) is 0. The van der Waals surface area contributed by atoms with Gasteiger partial charge in [-0.25, -0.2) is 0 Å². The minimum absolute atomic E-state index is 0. The van der Waals surface area contributed by atoms with E-state index in [4.69, 9.17) is 0 Å². The molecule has 0 aliphatic carbocycles. The minimum atomic E-state index is 0. The zero-order valence-electron chi connectivity index (χ0n) is 1.64. The van der Waals surface area contributed by atoms with Crippen molar-refractivity contribution in [1.82, 2.24) is 0 Å². The Bertz CT molecular complexity index is 8.00. The maximum absolute atomic E-state index is 0. The molecule has 0 saturated heterocycles. The molecule has 0 fully saturated rings. The molecule has 0 N–H and O–H groups in total. The minimum Gasteiger partial charge on any atom is 0 e. The molecule has 0 aliphatic rings. The van der Waals surface area contributed by atoms with Crippen LogP contribution in [0.4, 0.5) is 0 Å². The molecular weight excluding hydrogens is 175 g/mol. The van der Waals surface area contributed by atoms with Crippen molar-refractivity contribution in [2.75, 3.05) is 0 Å². The van der Waals surface area contributed by atoms with E-state index in [1.54, 1.807) is 0 Å². The topological polar surface area (TPSA) is 0 Å². The van der Waals surface area contributed by atoms with Gasteiger partial charge in [-0.2, -0.15) is 0 Å². The van der Waals surface area contributed by atoms with Gasteiger partial charge in [-0.05, 0) is 0 Å². The Kier molecular flexibility index (Phi) is 278. The average molecular weight is 175 g/mol. The first-order chi connectivity index (χ1) is 0. The fourth-order valence-electron chi connectivity index (χ4n) is 0. The van der Waals surface area contributed by atoms with Gasteiger partial charge in [0.05, 0.1) is 0 Å².